The van der Waals surface area contributed by atoms with E-state index in [2.05, 4.69) is 29.8 Å². The Morgan fingerprint density at radius 3 is 2.80 bits per heavy atom. The van der Waals surface area contributed by atoms with E-state index in [9.17, 15) is 4.79 Å². The van der Waals surface area contributed by atoms with Crippen molar-refractivity contribution >= 4 is 21.8 Å². The molecule has 4 heteroatoms. The lowest BCUT2D eigenvalue weighted by atomic mass is 9.85. The van der Waals surface area contributed by atoms with E-state index in [0.717, 1.165) is 35.2 Å². The maximum atomic E-state index is 12.3. The van der Waals surface area contributed by atoms with Gasteiger partial charge in [0, 0.05) is 24.0 Å². The number of methoxy groups -OCH3 is 1. The van der Waals surface area contributed by atoms with Crippen LogP contribution < -0.4 is 4.74 Å². The summed E-state index contributed by atoms with van der Waals surface area (Å²) in [4.78, 5) is 14.2. The molecule has 20 heavy (non-hydrogen) atoms. The van der Waals surface area contributed by atoms with Crippen molar-refractivity contribution in [3.05, 3.63) is 28.2 Å². The molecular weight excluding hydrogens is 318 g/mol. The number of benzene rings is 1. The highest BCUT2D eigenvalue weighted by Crippen LogP contribution is 2.32. The van der Waals surface area contributed by atoms with Crippen molar-refractivity contribution in [2.75, 3.05) is 13.7 Å². The van der Waals surface area contributed by atoms with Gasteiger partial charge < -0.3 is 9.64 Å². The highest BCUT2D eigenvalue weighted by atomic mass is 79.9. The van der Waals surface area contributed by atoms with Gasteiger partial charge in [0.25, 0.3) is 0 Å². The predicted octanol–water partition coefficient (Wildman–Crippen LogP) is 4.00. The molecule has 0 bridgehead atoms. The number of likely N-dealkylation sites (tertiary alicyclic amines) is 1. The Balaban J connectivity index is 2.14. The fraction of sp³-hybridized carbons (Fsp3) is 0.562. The van der Waals surface area contributed by atoms with Gasteiger partial charge in [-0.15, -0.1) is 0 Å². The number of nitrogens with zero attached hydrogens (tertiary/aromatic N) is 1. The molecule has 1 aliphatic rings. The molecule has 1 aromatic carbocycles. The van der Waals surface area contributed by atoms with Crippen LogP contribution in [-0.4, -0.2) is 24.5 Å². The topological polar surface area (TPSA) is 29.5 Å². The Morgan fingerprint density at radius 1 is 1.35 bits per heavy atom. The van der Waals surface area contributed by atoms with Gasteiger partial charge in [-0.05, 0) is 42.0 Å². The van der Waals surface area contributed by atoms with Crippen molar-refractivity contribution < 1.29 is 9.53 Å². The van der Waals surface area contributed by atoms with Crippen LogP contribution in [0.2, 0.25) is 0 Å². The standard InChI is InChI=1S/C16H22BrNO2/c1-16(2)7-6-15(19)18(9-8-16)11-12-10-13(20-3)4-5-14(12)17/h4-5,10H,6-9,11H2,1-3H3. The number of hydrogen-bond donors (Lipinski definition) is 0. The first kappa shape index (κ1) is 15.4. The fourth-order valence-corrected chi connectivity index (χ4v) is 2.83. The molecule has 0 N–H and O–H groups in total. The van der Waals surface area contributed by atoms with E-state index >= 15 is 0 Å². The normalized spacial score (nSPS) is 18.8. The molecule has 0 aromatic heterocycles. The Kier molecular flexibility index (Phi) is 4.74. The number of ether oxygens (including phenoxy) is 1. The van der Waals surface area contributed by atoms with Crippen molar-refractivity contribution in [3.63, 3.8) is 0 Å². The quantitative estimate of drug-likeness (QED) is 0.832. The van der Waals surface area contributed by atoms with Crippen LogP contribution in [0.25, 0.3) is 0 Å². The average Bonchev–Trinajstić information content (AvgIpc) is 2.54. The molecule has 1 fully saturated rings. The van der Waals surface area contributed by atoms with Gasteiger partial charge in [0.2, 0.25) is 5.91 Å². The summed E-state index contributed by atoms with van der Waals surface area (Å²) in [5.74, 6) is 1.08. The van der Waals surface area contributed by atoms with E-state index in [1.54, 1.807) is 7.11 Å². The van der Waals surface area contributed by atoms with Gasteiger partial charge in [0.1, 0.15) is 5.75 Å². The molecule has 110 valence electrons. The van der Waals surface area contributed by atoms with Gasteiger partial charge in [0.05, 0.1) is 7.11 Å². The van der Waals surface area contributed by atoms with Gasteiger partial charge >= 0.3 is 0 Å². The molecule has 2 rings (SSSR count). The summed E-state index contributed by atoms with van der Waals surface area (Å²) in [7, 11) is 1.66. The van der Waals surface area contributed by atoms with Crippen molar-refractivity contribution in [1.29, 1.82) is 0 Å². The monoisotopic (exact) mass is 339 g/mol. The van der Waals surface area contributed by atoms with Gasteiger partial charge in [-0.1, -0.05) is 29.8 Å². The largest absolute Gasteiger partial charge is 0.497 e. The second-order valence-electron chi connectivity index (χ2n) is 6.19. The third-order valence-electron chi connectivity index (χ3n) is 4.04. The van der Waals surface area contributed by atoms with Gasteiger partial charge in [-0.2, -0.15) is 0 Å². The second-order valence-corrected chi connectivity index (χ2v) is 7.04. The van der Waals surface area contributed by atoms with Crippen LogP contribution in [0.5, 0.6) is 5.75 Å². The summed E-state index contributed by atoms with van der Waals surface area (Å²) >= 11 is 3.55. The molecule has 0 aliphatic carbocycles. The Morgan fingerprint density at radius 2 is 2.10 bits per heavy atom. The molecule has 1 saturated heterocycles. The second kappa shape index (κ2) is 6.17. The third-order valence-corrected chi connectivity index (χ3v) is 4.81. The average molecular weight is 340 g/mol. The number of hydrogen-bond acceptors (Lipinski definition) is 2. The SMILES string of the molecule is COc1ccc(Br)c(CN2CCC(C)(C)CCC2=O)c1. The highest BCUT2D eigenvalue weighted by molar-refractivity contribution is 9.10. The lowest BCUT2D eigenvalue weighted by Crippen LogP contribution is -2.30. The van der Waals surface area contributed by atoms with Crippen LogP contribution in [0, 0.1) is 5.41 Å². The number of carbonyl (C=O) groups is 1. The molecule has 1 amide bonds. The Bertz CT molecular complexity index is 499. The Hall–Kier alpha value is -1.03. The number of amides is 1. The summed E-state index contributed by atoms with van der Waals surface area (Å²) < 4.78 is 6.28. The van der Waals surface area contributed by atoms with E-state index in [-0.39, 0.29) is 11.3 Å². The fourth-order valence-electron chi connectivity index (χ4n) is 2.46. The van der Waals surface area contributed by atoms with Gasteiger partial charge in [0.15, 0.2) is 0 Å². The zero-order valence-corrected chi connectivity index (χ0v) is 14.0. The molecule has 0 spiro atoms. The number of carbonyl (C=O) groups excluding carboxylic acids is 1. The van der Waals surface area contributed by atoms with E-state index in [0.29, 0.717) is 13.0 Å². The summed E-state index contributed by atoms with van der Waals surface area (Å²) in [5, 5.41) is 0. The molecule has 0 atom stereocenters. The summed E-state index contributed by atoms with van der Waals surface area (Å²) in [6, 6.07) is 5.88. The number of rotatable bonds is 3. The molecule has 1 aromatic rings. The van der Waals surface area contributed by atoms with Crippen molar-refractivity contribution in [3.8, 4) is 5.75 Å². The summed E-state index contributed by atoms with van der Waals surface area (Å²) in [5.41, 5.74) is 1.35. The maximum absolute atomic E-state index is 12.3. The molecule has 0 saturated carbocycles. The summed E-state index contributed by atoms with van der Waals surface area (Å²) in [6.45, 7) is 5.96. The van der Waals surface area contributed by atoms with Crippen LogP contribution in [-0.2, 0) is 11.3 Å². The first-order valence-corrected chi connectivity index (χ1v) is 7.81. The van der Waals surface area contributed by atoms with E-state index in [1.807, 2.05) is 23.1 Å². The molecule has 3 nitrogen and oxygen atoms in total. The van der Waals surface area contributed by atoms with Crippen LogP contribution in [0.1, 0.15) is 38.7 Å². The first-order valence-electron chi connectivity index (χ1n) is 7.01. The molecule has 0 radical (unpaired) electrons. The minimum atomic E-state index is 0.255. The van der Waals surface area contributed by atoms with Crippen LogP contribution in [0.15, 0.2) is 22.7 Å². The minimum Gasteiger partial charge on any atom is -0.497 e. The third kappa shape index (κ3) is 3.75. The smallest absolute Gasteiger partial charge is 0.222 e. The molecule has 1 heterocycles. The van der Waals surface area contributed by atoms with Crippen LogP contribution in [0.4, 0.5) is 0 Å². The van der Waals surface area contributed by atoms with Crippen LogP contribution >= 0.6 is 15.9 Å². The first-order chi connectivity index (χ1) is 9.41. The van der Waals surface area contributed by atoms with E-state index < -0.39 is 0 Å². The van der Waals surface area contributed by atoms with Crippen molar-refractivity contribution in [2.24, 2.45) is 5.41 Å². The Labute approximate surface area is 129 Å². The predicted molar refractivity (Wildman–Crippen MR) is 83.7 cm³/mol. The highest BCUT2D eigenvalue weighted by Gasteiger charge is 2.27. The maximum Gasteiger partial charge on any atom is 0.222 e. The molecule has 0 unspecified atom stereocenters. The van der Waals surface area contributed by atoms with Crippen LogP contribution in [0.3, 0.4) is 0 Å². The minimum absolute atomic E-state index is 0.255. The van der Waals surface area contributed by atoms with Gasteiger partial charge in [-0.25, -0.2) is 0 Å². The molecule has 1 aliphatic heterocycles. The zero-order chi connectivity index (χ0) is 14.8. The lowest BCUT2D eigenvalue weighted by molar-refractivity contribution is -0.131. The lowest BCUT2D eigenvalue weighted by Gasteiger charge is -2.24. The molecular formula is C16H22BrNO2. The van der Waals surface area contributed by atoms with E-state index in [4.69, 9.17) is 4.74 Å². The van der Waals surface area contributed by atoms with Crippen molar-refractivity contribution in [1.82, 2.24) is 4.90 Å². The van der Waals surface area contributed by atoms with E-state index in [1.165, 1.54) is 0 Å². The summed E-state index contributed by atoms with van der Waals surface area (Å²) in [6.07, 6.45) is 2.68. The van der Waals surface area contributed by atoms with Gasteiger partial charge in [-0.3, -0.25) is 4.79 Å². The van der Waals surface area contributed by atoms with Crippen molar-refractivity contribution in [2.45, 2.75) is 39.7 Å². The number of halogens is 1. The zero-order valence-electron chi connectivity index (χ0n) is 12.4.